The summed E-state index contributed by atoms with van der Waals surface area (Å²) in [6.07, 6.45) is 1.61. The van der Waals surface area contributed by atoms with E-state index in [1.165, 1.54) is 9.58 Å². The van der Waals surface area contributed by atoms with Gasteiger partial charge in [-0.05, 0) is 6.07 Å². The zero-order valence-corrected chi connectivity index (χ0v) is 12.9. The Morgan fingerprint density at radius 1 is 1.60 bits per heavy atom. The molecule has 2 rings (SSSR count). The molecule has 2 N–H and O–H groups in total. The van der Waals surface area contributed by atoms with Crippen molar-refractivity contribution < 1.29 is 13.2 Å². The third-order valence-corrected chi connectivity index (χ3v) is 6.47. The maximum Gasteiger partial charge on any atom is 0.245 e. The van der Waals surface area contributed by atoms with Gasteiger partial charge in [0.15, 0.2) is 9.84 Å². The van der Waals surface area contributed by atoms with E-state index in [2.05, 4.69) is 5.10 Å². The first-order valence-electron chi connectivity index (χ1n) is 6.31. The van der Waals surface area contributed by atoms with Crippen LogP contribution in [0.25, 0.3) is 0 Å². The van der Waals surface area contributed by atoms with Gasteiger partial charge in [0.05, 0.1) is 0 Å². The number of hydrogen-bond acceptors (Lipinski definition) is 6. The van der Waals surface area contributed by atoms with Crippen LogP contribution in [0.4, 0.5) is 5.82 Å². The average Bonchev–Trinajstić information content (AvgIpc) is 2.84. The summed E-state index contributed by atoms with van der Waals surface area (Å²) in [7, 11) is -3.27. The second-order valence-corrected chi connectivity index (χ2v) is 8.10. The van der Waals surface area contributed by atoms with Gasteiger partial charge in [0, 0.05) is 30.0 Å². The number of amides is 1. The molecule has 1 fully saturated rings. The van der Waals surface area contributed by atoms with Crippen molar-refractivity contribution in [3.63, 3.8) is 0 Å². The van der Waals surface area contributed by atoms with Crippen LogP contribution in [0.3, 0.4) is 0 Å². The number of aromatic nitrogens is 2. The second kappa shape index (κ2) is 6.04. The molecule has 1 saturated heterocycles. The monoisotopic (exact) mass is 318 g/mol. The second-order valence-electron chi connectivity index (χ2n) is 4.51. The van der Waals surface area contributed by atoms with Crippen LogP contribution in [0.15, 0.2) is 12.3 Å². The molecule has 0 bridgehead atoms. The number of nitrogens with zero attached hydrogens (tertiary/aromatic N) is 3. The zero-order valence-electron chi connectivity index (χ0n) is 11.2. The van der Waals surface area contributed by atoms with Gasteiger partial charge in [-0.15, -0.1) is 0 Å². The predicted molar refractivity (Wildman–Crippen MR) is 78.9 cm³/mol. The van der Waals surface area contributed by atoms with Gasteiger partial charge in [-0.2, -0.15) is 16.9 Å². The third kappa shape index (κ3) is 3.26. The summed E-state index contributed by atoms with van der Waals surface area (Å²) in [4.78, 5) is 13.8. The number of carbonyl (C=O) groups is 1. The highest BCUT2D eigenvalue weighted by molar-refractivity contribution is 8.01. The SMILES string of the molecule is CCS(=O)(=O)C1CSCCN1C(=O)Cn1ccc(N)n1. The Hall–Kier alpha value is -1.22. The number of nitrogens with two attached hydrogens (primary N) is 1. The number of rotatable bonds is 4. The van der Waals surface area contributed by atoms with Crippen LogP contribution >= 0.6 is 11.8 Å². The fourth-order valence-corrected chi connectivity index (χ4v) is 5.04. The molecule has 2 heterocycles. The Bertz CT molecular complexity index is 584. The molecule has 1 amide bonds. The van der Waals surface area contributed by atoms with E-state index in [1.807, 2.05) is 0 Å². The average molecular weight is 318 g/mol. The summed E-state index contributed by atoms with van der Waals surface area (Å²) in [5, 5.41) is 3.22. The molecule has 1 aliphatic rings. The van der Waals surface area contributed by atoms with Gasteiger partial charge in [0.2, 0.25) is 5.91 Å². The van der Waals surface area contributed by atoms with Crippen molar-refractivity contribution in [1.29, 1.82) is 0 Å². The fraction of sp³-hybridized carbons (Fsp3) is 0.636. The highest BCUT2D eigenvalue weighted by Gasteiger charge is 2.35. The van der Waals surface area contributed by atoms with Crippen molar-refractivity contribution in [3.05, 3.63) is 12.3 Å². The standard InChI is InChI=1S/C11H18N4O3S2/c1-2-20(17,18)11-8-19-6-5-15(11)10(16)7-14-4-3-9(12)13-14/h3-4,11H,2,5-8H2,1H3,(H2,12,13). The van der Waals surface area contributed by atoms with Crippen LogP contribution in [0.5, 0.6) is 0 Å². The van der Waals surface area contributed by atoms with E-state index >= 15 is 0 Å². The number of carbonyl (C=O) groups excluding carboxylic acids is 1. The van der Waals surface area contributed by atoms with Gasteiger partial charge in [-0.1, -0.05) is 6.92 Å². The van der Waals surface area contributed by atoms with Crippen molar-refractivity contribution in [2.75, 3.05) is 29.5 Å². The first-order chi connectivity index (χ1) is 9.44. The highest BCUT2D eigenvalue weighted by Crippen LogP contribution is 2.21. The van der Waals surface area contributed by atoms with Gasteiger partial charge in [-0.3, -0.25) is 9.48 Å². The fourth-order valence-electron chi connectivity index (χ4n) is 2.05. The molecule has 1 aromatic heterocycles. The molecule has 0 aromatic carbocycles. The molecule has 0 spiro atoms. The minimum absolute atomic E-state index is 0.0115. The Labute approximate surface area is 122 Å². The Morgan fingerprint density at radius 2 is 2.35 bits per heavy atom. The van der Waals surface area contributed by atoms with Crippen LogP contribution in [0.1, 0.15) is 6.92 Å². The summed E-state index contributed by atoms with van der Waals surface area (Å²) in [6.45, 7) is 2.06. The van der Waals surface area contributed by atoms with Crippen LogP contribution < -0.4 is 5.73 Å². The van der Waals surface area contributed by atoms with E-state index < -0.39 is 15.2 Å². The van der Waals surface area contributed by atoms with Crippen molar-refractivity contribution in [1.82, 2.24) is 14.7 Å². The Kier molecular flexibility index (Phi) is 4.59. The van der Waals surface area contributed by atoms with Crippen molar-refractivity contribution >= 4 is 33.3 Å². The molecule has 1 atom stereocenters. The van der Waals surface area contributed by atoms with Crippen molar-refractivity contribution in [2.45, 2.75) is 18.8 Å². The Balaban J connectivity index is 2.13. The summed E-state index contributed by atoms with van der Waals surface area (Å²) >= 11 is 1.56. The van der Waals surface area contributed by atoms with E-state index in [1.54, 1.807) is 30.9 Å². The van der Waals surface area contributed by atoms with Crippen molar-refractivity contribution in [3.8, 4) is 0 Å². The van der Waals surface area contributed by atoms with Gasteiger partial charge >= 0.3 is 0 Å². The number of thioether (sulfide) groups is 1. The number of nitrogen functional groups attached to an aromatic ring is 1. The minimum atomic E-state index is -3.27. The number of hydrogen-bond donors (Lipinski definition) is 1. The normalized spacial score (nSPS) is 20.1. The first-order valence-corrected chi connectivity index (χ1v) is 9.18. The molecule has 1 unspecified atom stereocenters. The predicted octanol–water partition coefficient (Wildman–Crippen LogP) is -0.198. The number of anilines is 1. The van der Waals surface area contributed by atoms with E-state index in [-0.39, 0.29) is 18.2 Å². The van der Waals surface area contributed by atoms with Crippen LogP contribution in [0.2, 0.25) is 0 Å². The summed E-state index contributed by atoms with van der Waals surface area (Å²) in [5.74, 6) is 1.32. The lowest BCUT2D eigenvalue weighted by atomic mass is 10.4. The molecule has 0 radical (unpaired) electrons. The van der Waals surface area contributed by atoms with Crippen LogP contribution in [0, 0.1) is 0 Å². The third-order valence-electron chi connectivity index (χ3n) is 3.18. The minimum Gasteiger partial charge on any atom is -0.382 e. The van der Waals surface area contributed by atoms with Gasteiger partial charge in [0.25, 0.3) is 0 Å². The quantitative estimate of drug-likeness (QED) is 0.825. The molecular formula is C11H18N4O3S2. The molecule has 20 heavy (non-hydrogen) atoms. The molecular weight excluding hydrogens is 300 g/mol. The lowest BCUT2D eigenvalue weighted by Crippen LogP contribution is -2.51. The molecule has 112 valence electrons. The zero-order chi connectivity index (χ0) is 14.8. The highest BCUT2D eigenvalue weighted by atomic mass is 32.2. The van der Waals surface area contributed by atoms with Crippen LogP contribution in [-0.4, -0.2) is 58.2 Å². The lowest BCUT2D eigenvalue weighted by molar-refractivity contribution is -0.132. The lowest BCUT2D eigenvalue weighted by Gasteiger charge is -2.34. The van der Waals surface area contributed by atoms with Crippen molar-refractivity contribution in [2.24, 2.45) is 0 Å². The largest absolute Gasteiger partial charge is 0.382 e. The molecule has 0 saturated carbocycles. The maximum absolute atomic E-state index is 12.3. The molecule has 1 aliphatic heterocycles. The van der Waals surface area contributed by atoms with E-state index in [0.29, 0.717) is 18.1 Å². The summed E-state index contributed by atoms with van der Waals surface area (Å²) in [5.41, 5.74) is 5.49. The molecule has 0 aliphatic carbocycles. The first kappa shape index (κ1) is 15.2. The van der Waals surface area contributed by atoms with Gasteiger partial charge < -0.3 is 10.6 Å². The summed E-state index contributed by atoms with van der Waals surface area (Å²) < 4.78 is 25.6. The van der Waals surface area contributed by atoms with E-state index in [0.717, 1.165) is 5.75 Å². The number of sulfone groups is 1. The topological polar surface area (TPSA) is 98.3 Å². The van der Waals surface area contributed by atoms with E-state index in [9.17, 15) is 13.2 Å². The molecule has 1 aromatic rings. The Morgan fingerprint density at radius 3 is 2.95 bits per heavy atom. The van der Waals surface area contributed by atoms with E-state index in [4.69, 9.17) is 5.73 Å². The van der Waals surface area contributed by atoms with Gasteiger partial charge in [0.1, 0.15) is 17.7 Å². The van der Waals surface area contributed by atoms with Gasteiger partial charge in [-0.25, -0.2) is 8.42 Å². The van der Waals surface area contributed by atoms with Crippen LogP contribution in [-0.2, 0) is 21.2 Å². The smallest absolute Gasteiger partial charge is 0.245 e. The molecule has 7 nitrogen and oxygen atoms in total. The maximum atomic E-state index is 12.3. The molecule has 9 heteroatoms. The summed E-state index contributed by atoms with van der Waals surface area (Å²) in [6, 6.07) is 1.60.